The maximum absolute atomic E-state index is 12.6. The van der Waals surface area contributed by atoms with Crippen LogP contribution in [0.15, 0.2) is 30.3 Å². The van der Waals surface area contributed by atoms with Gasteiger partial charge < -0.3 is 10.1 Å². The van der Waals surface area contributed by atoms with Crippen LogP contribution in [0.4, 0.5) is 0 Å². The van der Waals surface area contributed by atoms with Crippen LogP contribution in [-0.4, -0.2) is 36.7 Å². The lowest BCUT2D eigenvalue weighted by atomic mass is 9.64. The van der Waals surface area contributed by atoms with Crippen LogP contribution in [0.5, 0.6) is 0 Å². The van der Waals surface area contributed by atoms with E-state index < -0.39 is 0 Å². The number of amides is 1. The highest BCUT2D eigenvalue weighted by molar-refractivity contribution is 5.83. The van der Waals surface area contributed by atoms with Crippen molar-refractivity contribution < 1.29 is 9.53 Å². The van der Waals surface area contributed by atoms with E-state index in [1.54, 1.807) is 0 Å². The molecule has 0 aromatic heterocycles. The van der Waals surface area contributed by atoms with E-state index in [9.17, 15) is 4.79 Å². The fourth-order valence-electron chi connectivity index (χ4n) is 4.16. The maximum atomic E-state index is 12.6. The van der Waals surface area contributed by atoms with Crippen molar-refractivity contribution in [3.63, 3.8) is 0 Å². The van der Waals surface area contributed by atoms with Crippen molar-refractivity contribution in [1.82, 2.24) is 21.7 Å². The molecule has 2 heterocycles. The molecule has 3 fully saturated rings. The van der Waals surface area contributed by atoms with E-state index in [0.717, 1.165) is 19.4 Å². The summed E-state index contributed by atoms with van der Waals surface area (Å²) >= 11 is 0. The molecule has 3 aliphatic rings. The van der Waals surface area contributed by atoms with E-state index in [1.807, 2.05) is 13.0 Å². The molecule has 6 nitrogen and oxygen atoms in total. The molecule has 6 heteroatoms. The second kappa shape index (κ2) is 6.20. The minimum absolute atomic E-state index is 0.0587. The highest BCUT2D eigenvalue weighted by Crippen LogP contribution is 2.45. The average molecular weight is 316 g/mol. The van der Waals surface area contributed by atoms with Gasteiger partial charge in [-0.3, -0.25) is 4.79 Å². The summed E-state index contributed by atoms with van der Waals surface area (Å²) in [5.41, 5.74) is 10.1. The van der Waals surface area contributed by atoms with Crippen molar-refractivity contribution in [2.75, 3.05) is 6.61 Å². The average Bonchev–Trinajstić information content (AvgIpc) is 3.18. The standard InChI is InChI=1S/C17H24N4O2/c1-10-14(20-21-19-10)17(22)18-15-12-7-8-23-16(12)13(15)9-11-5-3-2-4-6-11/h2-6,10,12-16,19-21H,7-9H2,1H3,(H,18,22)/t10?,12-,13+,14?,15-,16-/m0/s1. The van der Waals surface area contributed by atoms with Crippen molar-refractivity contribution >= 4 is 5.91 Å². The molecule has 4 rings (SSSR count). The molecule has 1 amide bonds. The first-order valence-corrected chi connectivity index (χ1v) is 8.46. The minimum Gasteiger partial charge on any atom is -0.377 e. The number of fused-ring (bicyclic) bond motifs is 1. The number of hydrogen-bond acceptors (Lipinski definition) is 5. The quantitative estimate of drug-likeness (QED) is 0.635. The van der Waals surface area contributed by atoms with E-state index in [1.165, 1.54) is 5.56 Å². The normalized spacial score (nSPS) is 38.8. The third-order valence-electron chi connectivity index (χ3n) is 5.46. The molecule has 0 bridgehead atoms. The van der Waals surface area contributed by atoms with Gasteiger partial charge in [0.15, 0.2) is 0 Å². The highest BCUT2D eigenvalue weighted by atomic mass is 16.5. The van der Waals surface area contributed by atoms with Gasteiger partial charge in [-0.15, -0.1) is 0 Å². The summed E-state index contributed by atoms with van der Waals surface area (Å²) < 4.78 is 5.90. The first-order chi connectivity index (χ1) is 11.2. The van der Waals surface area contributed by atoms with Crippen LogP contribution >= 0.6 is 0 Å². The molecular weight excluding hydrogens is 292 g/mol. The first-order valence-electron chi connectivity index (χ1n) is 8.46. The number of hydrogen-bond donors (Lipinski definition) is 4. The molecule has 2 saturated heterocycles. The van der Waals surface area contributed by atoms with Gasteiger partial charge in [-0.1, -0.05) is 30.3 Å². The van der Waals surface area contributed by atoms with Crippen molar-refractivity contribution in [2.45, 2.75) is 44.0 Å². The second-order valence-electron chi connectivity index (χ2n) is 6.86. The van der Waals surface area contributed by atoms with Crippen LogP contribution < -0.4 is 21.7 Å². The summed E-state index contributed by atoms with van der Waals surface area (Å²) in [4.78, 5) is 12.6. The van der Waals surface area contributed by atoms with E-state index >= 15 is 0 Å². The Morgan fingerprint density at radius 2 is 2.13 bits per heavy atom. The Kier molecular flexibility index (Phi) is 4.07. The van der Waals surface area contributed by atoms with E-state index in [0.29, 0.717) is 17.9 Å². The Balaban J connectivity index is 1.44. The number of hydrazine groups is 2. The molecule has 1 aliphatic carbocycles. The summed E-state index contributed by atoms with van der Waals surface area (Å²) in [6.07, 6.45) is 2.30. The zero-order valence-electron chi connectivity index (χ0n) is 13.3. The Morgan fingerprint density at radius 1 is 1.30 bits per heavy atom. The topological polar surface area (TPSA) is 74.4 Å². The Morgan fingerprint density at radius 3 is 2.87 bits per heavy atom. The van der Waals surface area contributed by atoms with Gasteiger partial charge in [0.05, 0.1) is 6.10 Å². The van der Waals surface area contributed by atoms with Gasteiger partial charge in [-0.2, -0.15) is 5.53 Å². The monoisotopic (exact) mass is 316 g/mol. The number of carbonyl (C=O) groups excluding carboxylic acids is 1. The number of rotatable bonds is 4. The third-order valence-corrected chi connectivity index (χ3v) is 5.46. The summed E-state index contributed by atoms with van der Waals surface area (Å²) in [5.74, 6) is 0.889. The smallest absolute Gasteiger partial charge is 0.240 e. The van der Waals surface area contributed by atoms with Crippen LogP contribution in [0, 0.1) is 11.8 Å². The lowest BCUT2D eigenvalue weighted by molar-refractivity contribution is -0.129. The molecule has 1 aromatic rings. The molecule has 1 saturated carbocycles. The van der Waals surface area contributed by atoms with Gasteiger partial charge in [-0.25, -0.2) is 10.9 Å². The van der Waals surface area contributed by atoms with Crippen LogP contribution in [0.2, 0.25) is 0 Å². The summed E-state index contributed by atoms with van der Waals surface area (Å²) in [7, 11) is 0. The SMILES string of the molecule is CC1NNNC1C(=O)N[C@@H]1[C@@H](Cc2ccccc2)[C@H]2OCC[C@@H]12. The second-order valence-corrected chi connectivity index (χ2v) is 6.86. The Bertz CT molecular complexity index is 567. The molecule has 23 heavy (non-hydrogen) atoms. The number of ether oxygens (including phenoxy) is 1. The van der Waals surface area contributed by atoms with Crippen molar-refractivity contribution in [1.29, 1.82) is 0 Å². The predicted octanol–water partition coefficient (Wildman–Crippen LogP) is 0.118. The Labute approximate surface area is 136 Å². The third kappa shape index (κ3) is 2.76. The van der Waals surface area contributed by atoms with Gasteiger partial charge in [0.25, 0.3) is 0 Å². The van der Waals surface area contributed by atoms with Gasteiger partial charge in [0, 0.05) is 30.5 Å². The number of nitrogens with one attached hydrogen (secondary N) is 4. The van der Waals surface area contributed by atoms with Gasteiger partial charge in [0.2, 0.25) is 5.91 Å². The minimum atomic E-state index is -0.242. The lowest BCUT2D eigenvalue weighted by Crippen LogP contribution is -2.64. The Hall–Kier alpha value is -1.47. The highest BCUT2D eigenvalue weighted by Gasteiger charge is 2.54. The van der Waals surface area contributed by atoms with Gasteiger partial charge in [0.1, 0.15) is 6.04 Å². The lowest BCUT2D eigenvalue weighted by Gasteiger charge is -2.48. The molecule has 0 radical (unpaired) electrons. The van der Waals surface area contributed by atoms with E-state index in [2.05, 4.69) is 46.0 Å². The summed E-state index contributed by atoms with van der Waals surface area (Å²) in [6, 6.07) is 10.5. The molecule has 6 atom stereocenters. The largest absolute Gasteiger partial charge is 0.377 e. The van der Waals surface area contributed by atoms with Crippen LogP contribution in [0.3, 0.4) is 0 Å². The molecule has 2 unspecified atom stereocenters. The fourth-order valence-corrected chi connectivity index (χ4v) is 4.16. The van der Waals surface area contributed by atoms with E-state index in [-0.39, 0.29) is 24.0 Å². The predicted molar refractivity (Wildman–Crippen MR) is 86.1 cm³/mol. The number of carbonyl (C=O) groups is 1. The zero-order valence-corrected chi connectivity index (χ0v) is 13.3. The summed E-state index contributed by atoms with van der Waals surface area (Å²) in [5, 5.41) is 3.27. The van der Waals surface area contributed by atoms with Gasteiger partial charge in [-0.05, 0) is 25.3 Å². The van der Waals surface area contributed by atoms with Crippen LogP contribution in [0.25, 0.3) is 0 Å². The molecule has 0 spiro atoms. The summed E-state index contributed by atoms with van der Waals surface area (Å²) in [6.45, 7) is 2.80. The molecule has 124 valence electrons. The number of benzene rings is 1. The van der Waals surface area contributed by atoms with Crippen LogP contribution in [-0.2, 0) is 16.0 Å². The molecule has 1 aromatic carbocycles. The first kappa shape index (κ1) is 15.1. The molecule has 4 N–H and O–H groups in total. The maximum Gasteiger partial charge on any atom is 0.240 e. The molecular formula is C17H24N4O2. The van der Waals surface area contributed by atoms with Crippen LogP contribution in [0.1, 0.15) is 18.9 Å². The van der Waals surface area contributed by atoms with E-state index in [4.69, 9.17) is 4.74 Å². The van der Waals surface area contributed by atoms with Crippen molar-refractivity contribution in [3.05, 3.63) is 35.9 Å². The zero-order chi connectivity index (χ0) is 15.8. The fraction of sp³-hybridized carbons (Fsp3) is 0.588. The van der Waals surface area contributed by atoms with Crippen molar-refractivity contribution in [2.24, 2.45) is 11.8 Å². The van der Waals surface area contributed by atoms with Crippen molar-refractivity contribution in [3.8, 4) is 0 Å². The molecule has 2 aliphatic heterocycles. The van der Waals surface area contributed by atoms with Gasteiger partial charge >= 0.3 is 0 Å².